The van der Waals surface area contributed by atoms with Gasteiger partial charge in [0.1, 0.15) is 0 Å². The second kappa shape index (κ2) is 5.50. The first-order valence-electron chi connectivity index (χ1n) is 6.16. The average molecular weight is 212 g/mol. The average Bonchev–Trinajstić information content (AvgIpc) is 2.44. The van der Waals surface area contributed by atoms with Crippen LogP contribution in [0.3, 0.4) is 0 Å². The molecule has 0 spiro atoms. The Hall–Kier alpha value is -0.570. The van der Waals surface area contributed by atoms with Gasteiger partial charge >= 0.3 is 0 Å². The highest BCUT2D eigenvalue weighted by molar-refractivity contribution is 5.82. The third kappa shape index (κ3) is 3.49. The highest BCUT2D eigenvalue weighted by Gasteiger charge is 2.28. The molecule has 0 bridgehead atoms. The van der Waals surface area contributed by atoms with Crippen molar-refractivity contribution in [2.75, 3.05) is 6.54 Å². The molecule has 0 aliphatic carbocycles. The van der Waals surface area contributed by atoms with Crippen LogP contribution in [-0.2, 0) is 4.79 Å². The fraction of sp³-hybridized carbons (Fsp3) is 0.917. The Labute approximate surface area is 93.0 Å². The zero-order valence-corrected chi connectivity index (χ0v) is 10.2. The Balaban J connectivity index is 2.57. The van der Waals surface area contributed by atoms with E-state index >= 15 is 0 Å². The topological polar surface area (TPSA) is 41.1 Å². The monoisotopic (exact) mass is 212 g/mol. The van der Waals surface area contributed by atoms with Crippen LogP contribution in [-0.4, -0.2) is 24.0 Å². The van der Waals surface area contributed by atoms with Crippen LogP contribution in [0.1, 0.15) is 52.9 Å². The molecule has 15 heavy (non-hydrogen) atoms. The van der Waals surface area contributed by atoms with Crippen LogP contribution in [0.4, 0.5) is 0 Å². The normalized spacial score (nSPS) is 23.4. The first-order chi connectivity index (χ1) is 7.11. The van der Waals surface area contributed by atoms with E-state index in [1.807, 2.05) is 0 Å². The summed E-state index contributed by atoms with van der Waals surface area (Å²) in [6.07, 6.45) is 5.35. The molecule has 0 aromatic rings. The van der Waals surface area contributed by atoms with E-state index in [-0.39, 0.29) is 17.5 Å². The minimum Gasteiger partial charge on any atom is -0.355 e. The first kappa shape index (κ1) is 12.5. The summed E-state index contributed by atoms with van der Waals surface area (Å²) in [5.41, 5.74) is 0.104. The van der Waals surface area contributed by atoms with E-state index in [1.54, 1.807) is 0 Å². The van der Waals surface area contributed by atoms with Crippen LogP contribution in [0.15, 0.2) is 0 Å². The summed E-state index contributed by atoms with van der Waals surface area (Å²) in [7, 11) is 0. The van der Waals surface area contributed by atoms with Gasteiger partial charge in [-0.3, -0.25) is 4.79 Å². The molecule has 1 fully saturated rings. The molecule has 1 saturated heterocycles. The SMILES string of the molecule is CCC(C)(CC)NC1CCCCNC1=O. The van der Waals surface area contributed by atoms with Gasteiger partial charge in [0, 0.05) is 12.1 Å². The third-order valence-electron chi connectivity index (χ3n) is 3.62. The van der Waals surface area contributed by atoms with E-state index in [4.69, 9.17) is 0 Å². The largest absolute Gasteiger partial charge is 0.355 e. The fourth-order valence-electron chi connectivity index (χ4n) is 1.95. The van der Waals surface area contributed by atoms with Crippen molar-refractivity contribution < 1.29 is 4.79 Å². The van der Waals surface area contributed by atoms with Crippen LogP contribution >= 0.6 is 0 Å². The van der Waals surface area contributed by atoms with E-state index in [2.05, 4.69) is 31.4 Å². The lowest BCUT2D eigenvalue weighted by atomic mass is 9.93. The Morgan fingerprint density at radius 1 is 1.40 bits per heavy atom. The second-order valence-electron chi connectivity index (χ2n) is 4.75. The summed E-state index contributed by atoms with van der Waals surface area (Å²) >= 11 is 0. The second-order valence-corrected chi connectivity index (χ2v) is 4.75. The van der Waals surface area contributed by atoms with Gasteiger partial charge in [-0.15, -0.1) is 0 Å². The first-order valence-corrected chi connectivity index (χ1v) is 6.16. The van der Waals surface area contributed by atoms with Gasteiger partial charge < -0.3 is 10.6 Å². The molecule has 88 valence electrons. The van der Waals surface area contributed by atoms with Gasteiger partial charge in [0.2, 0.25) is 5.91 Å². The zero-order valence-electron chi connectivity index (χ0n) is 10.2. The van der Waals surface area contributed by atoms with Gasteiger partial charge in [0.15, 0.2) is 0 Å². The highest BCUT2D eigenvalue weighted by Crippen LogP contribution is 2.17. The quantitative estimate of drug-likeness (QED) is 0.746. The third-order valence-corrected chi connectivity index (χ3v) is 3.62. The van der Waals surface area contributed by atoms with Gasteiger partial charge in [-0.2, -0.15) is 0 Å². The Kier molecular flexibility index (Phi) is 4.58. The van der Waals surface area contributed by atoms with Crippen molar-refractivity contribution in [3.8, 4) is 0 Å². The molecule has 1 amide bonds. The van der Waals surface area contributed by atoms with Gasteiger partial charge in [-0.1, -0.05) is 13.8 Å². The van der Waals surface area contributed by atoms with E-state index < -0.39 is 0 Å². The molecule has 2 N–H and O–H groups in total. The van der Waals surface area contributed by atoms with Crippen LogP contribution in [0.2, 0.25) is 0 Å². The van der Waals surface area contributed by atoms with Crippen LogP contribution in [0, 0.1) is 0 Å². The summed E-state index contributed by atoms with van der Waals surface area (Å²) in [4.78, 5) is 11.8. The standard InChI is InChI=1S/C12H24N2O/c1-4-12(3,5-2)14-10-8-6-7-9-13-11(10)15/h10,14H,4-9H2,1-3H3,(H,13,15). The molecule has 1 aliphatic heterocycles. The van der Waals surface area contributed by atoms with E-state index in [9.17, 15) is 4.79 Å². The number of hydrogen-bond donors (Lipinski definition) is 2. The predicted molar refractivity (Wildman–Crippen MR) is 62.8 cm³/mol. The summed E-state index contributed by atoms with van der Waals surface area (Å²) in [6, 6.07) is 0.0115. The lowest BCUT2D eigenvalue weighted by Crippen LogP contribution is -2.53. The molecular formula is C12H24N2O. The molecule has 1 atom stereocenters. The Bertz CT molecular complexity index is 212. The molecule has 1 aliphatic rings. The number of nitrogens with one attached hydrogen (secondary N) is 2. The maximum absolute atomic E-state index is 11.8. The van der Waals surface area contributed by atoms with Crippen LogP contribution < -0.4 is 10.6 Å². The molecule has 3 nitrogen and oxygen atoms in total. The van der Waals surface area contributed by atoms with Crippen molar-refractivity contribution in [1.82, 2.24) is 10.6 Å². The molecule has 1 heterocycles. The van der Waals surface area contributed by atoms with Crippen molar-refractivity contribution in [3.05, 3.63) is 0 Å². The van der Waals surface area contributed by atoms with Gasteiger partial charge in [0.25, 0.3) is 0 Å². The van der Waals surface area contributed by atoms with Crippen molar-refractivity contribution in [2.45, 2.75) is 64.5 Å². The Morgan fingerprint density at radius 2 is 2.07 bits per heavy atom. The zero-order chi connectivity index (χ0) is 11.3. The van der Waals surface area contributed by atoms with E-state index in [0.29, 0.717) is 0 Å². The molecule has 0 radical (unpaired) electrons. The highest BCUT2D eigenvalue weighted by atomic mass is 16.2. The molecule has 1 unspecified atom stereocenters. The molecular weight excluding hydrogens is 188 g/mol. The van der Waals surface area contributed by atoms with Crippen LogP contribution in [0.25, 0.3) is 0 Å². The number of carbonyl (C=O) groups excluding carboxylic acids is 1. The van der Waals surface area contributed by atoms with E-state index in [1.165, 1.54) is 0 Å². The maximum atomic E-state index is 11.8. The smallest absolute Gasteiger partial charge is 0.237 e. The number of hydrogen-bond acceptors (Lipinski definition) is 2. The number of rotatable bonds is 4. The Morgan fingerprint density at radius 3 is 2.67 bits per heavy atom. The number of carbonyl (C=O) groups is 1. The van der Waals surface area contributed by atoms with Crippen molar-refractivity contribution >= 4 is 5.91 Å². The lowest BCUT2D eigenvalue weighted by Gasteiger charge is -2.32. The molecule has 3 heteroatoms. The van der Waals surface area contributed by atoms with Gasteiger partial charge in [-0.05, 0) is 39.0 Å². The van der Waals surface area contributed by atoms with Crippen molar-refractivity contribution in [3.63, 3.8) is 0 Å². The summed E-state index contributed by atoms with van der Waals surface area (Å²) in [6.45, 7) is 7.38. The summed E-state index contributed by atoms with van der Waals surface area (Å²) < 4.78 is 0. The summed E-state index contributed by atoms with van der Waals surface area (Å²) in [5.74, 6) is 0.181. The molecule has 0 saturated carbocycles. The number of amides is 1. The molecule has 1 rings (SSSR count). The maximum Gasteiger partial charge on any atom is 0.237 e. The predicted octanol–water partition coefficient (Wildman–Crippen LogP) is 1.82. The fourth-order valence-corrected chi connectivity index (χ4v) is 1.95. The van der Waals surface area contributed by atoms with Gasteiger partial charge in [-0.25, -0.2) is 0 Å². The van der Waals surface area contributed by atoms with E-state index in [0.717, 1.165) is 38.6 Å². The minimum absolute atomic E-state index is 0.0115. The lowest BCUT2D eigenvalue weighted by molar-refractivity contribution is -0.123. The summed E-state index contributed by atoms with van der Waals surface area (Å²) in [5, 5.41) is 6.47. The molecule has 0 aromatic heterocycles. The minimum atomic E-state index is 0.0115. The van der Waals surface area contributed by atoms with Crippen molar-refractivity contribution in [1.29, 1.82) is 0 Å². The van der Waals surface area contributed by atoms with Crippen molar-refractivity contribution in [2.24, 2.45) is 0 Å². The van der Waals surface area contributed by atoms with Gasteiger partial charge in [0.05, 0.1) is 6.04 Å². The molecule has 0 aromatic carbocycles. The van der Waals surface area contributed by atoms with Crippen LogP contribution in [0.5, 0.6) is 0 Å².